The molecule has 0 saturated heterocycles. The number of carbonyl (C=O) groups is 3. The fraction of sp³-hybridized carbons (Fsp3) is 0.179. The van der Waals surface area contributed by atoms with E-state index in [9.17, 15) is 14.4 Å². The van der Waals surface area contributed by atoms with E-state index in [4.69, 9.17) is 15.2 Å². The van der Waals surface area contributed by atoms with Crippen molar-refractivity contribution in [3.05, 3.63) is 101 Å². The lowest BCUT2D eigenvalue weighted by molar-refractivity contribution is -0.152. The van der Waals surface area contributed by atoms with Crippen molar-refractivity contribution in [1.82, 2.24) is 4.57 Å². The van der Waals surface area contributed by atoms with Gasteiger partial charge in [0.2, 0.25) is 0 Å². The number of nitrogens with zero attached hydrogens (tertiary/aromatic N) is 1. The highest BCUT2D eigenvalue weighted by atomic mass is 16.6. The molecule has 1 heterocycles. The highest BCUT2D eigenvalue weighted by Gasteiger charge is 2.27. The first-order valence-corrected chi connectivity index (χ1v) is 11.2. The maximum absolute atomic E-state index is 12.8. The Morgan fingerprint density at radius 2 is 1.51 bits per heavy atom. The fourth-order valence-electron chi connectivity index (χ4n) is 4.05. The Hall–Kier alpha value is -4.39. The number of nitrogens with two attached hydrogens (primary N) is 1. The minimum absolute atomic E-state index is 0.121. The van der Waals surface area contributed by atoms with E-state index in [-0.39, 0.29) is 12.2 Å². The Bertz CT molecular complexity index is 1380. The van der Waals surface area contributed by atoms with Crippen LogP contribution in [0.4, 0.5) is 0 Å². The van der Waals surface area contributed by atoms with Gasteiger partial charge in [0.25, 0.3) is 11.7 Å². The number of Topliss-reactive ketones (excluding diaryl/α,β-unsaturated/α-hetero) is 1. The van der Waals surface area contributed by atoms with Crippen molar-refractivity contribution in [2.24, 2.45) is 5.73 Å². The molecule has 4 aromatic rings. The van der Waals surface area contributed by atoms with Gasteiger partial charge in [-0.2, -0.15) is 0 Å². The van der Waals surface area contributed by atoms with E-state index in [0.717, 1.165) is 11.1 Å². The van der Waals surface area contributed by atoms with Gasteiger partial charge in [0.05, 0.1) is 16.5 Å². The Morgan fingerprint density at radius 1 is 0.886 bits per heavy atom. The monoisotopic (exact) mass is 470 g/mol. The summed E-state index contributed by atoms with van der Waals surface area (Å²) in [6, 6.07) is 24.4. The number of hydrogen-bond acceptors (Lipinski definition) is 5. The first kappa shape index (κ1) is 23.8. The van der Waals surface area contributed by atoms with Gasteiger partial charge in [0, 0.05) is 12.2 Å². The van der Waals surface area contributed by atoms with E-state index < -0.39 is 23.8 Å². The maximum atomic E-state index is 12.8. The van der Waals surface area contributed by atoms with Crippen molar-refractivity contribution in [1.29, 1.82) is 0 Å². The van der Waals surface area contributed by atoms with Gasteiger partial charge >= 0.3 is 5.97 Å². The molecular formula is C28H26N2O5. The number of amides is 1. The largest absolute Gasteiger partial charge is 0.478 e. The standard InChI is InChI=1S/C28H26N2O5/c1-18-24(26(31)27(29)32)25-22(30(18)16-20-10-5-3-6-11-20)14-9-15-23(25)35-19(2)28(33)34-17-21-12-7-4-8-13-21/h3-15,19H,16-17H2,1-2H3,(H2,29,32)/t19-/m0/s1. The first-order chi connectivity index (χ1) is 16.9. The van der Waals surface area contributed by atoms with Crippen molar-refractivity contribution in [2.75, 3.05) is 0 Å². The van der Waals surface area contributed by atoms with Crippen LogP contribution in [0.2, 0.25) is 0 Å². The highest BCUT2D eigenvalue weighted by Crippen LogP contribution is 2.35. The van der Waals surface area contributed by atoms with E-state index in [0.29, 0.717) is 28.9 Å². The third kappa shape index (κ3) is 5.09. The lowest BCUT2D eigenvalue weighted by Gasteiger charge is -2.15. The Morgan fingerprint density at radius 3 is 2.14 bits per heavy atom. The molecule has 4 rings (SSSR count). The van der Waals surface area contributed by atoms with Crippen molar-refractivity contribution < 1.29 is 23.9 Å². The van der Waals surface area contributed by atoms with Crippen molar-refractivity contribution in [3.63, 3.8) is 0 Å². The predicted octanol–water partition coefficient (Wildman–Crippen LogP) is 4.18. The van der Waals surface area contributed by atoms with E-state index in [1.54, 1.807) is 26.0 Å². The van der Waals surface area contributed by atoms with Crippen molar-refractivity contribution in [3.8, 4) is 5.75 Å². The topological polar surface area (TPSA) is 101 Å². The number of hydrogen-bond donors (Lipinski definition) is 1. The zero-order valence-electron chi connectivity index (χ0n) is 19.6. The molecule has 0 radical (unpaired) electrons. The summed E-state index contributed by atoms with van der Waals surface area (Å²) >= 11 is 0. The summed E-state index contributed by atoms with van der Waals surface area (Å²) in [7, 11) is 0. The predicted molar refractivity (Wildman–Crippen MR) is 132 cm³/mol. The van der Waals surface area contributed by atoms with Gasteiger partial charge in [-0.25, -0.2) is 4.79 Å². The molecule has 0 saturated carbocycles. The minimum Gasteiger partial charge on any atom is -0.478 e. The van der Waals surface area contributed by atoms with Gasteiger partial charge in [-0.05, 0) is 37.1 Å². The molecule has 0 aliphatic carbocycles. The van der Waals surface area contributed by atoms with Crippen LogP contribution in [-0.4, -0.2) is 28.3 Å². The molecule has 1 atom stereocenters. The Balaban J connectivity index is 1.68. The molecule has 0 unspecified atom stereocenters. The average Bonchev–Trinajstić information content (AvgIpc) is 3.15. The lowest BCUT2D eigenvalue weighted by atomic mass is 10.1. The number of esters is 1. The molecule has 35 heavy (non-hydrogen) atoms. The number of ether oxygens (including phenoxy) is 2. The molecule has 0 aliphatic rings. The summed E-state index contributed by atoms with van der Waals surface area (Å²) in [4.78, 5) is 37.3. The quantitative estimate of drug-likeness (QED) is 0.225. The van der Waals surface area contributed by atoms with Gasteiger partial charge in [0.15, 0.2) is 6.10 Å². The van der Waals surface area contributed by atoms with Crippen LogP contribution in [0, 0.1) is 6.92 Å². The summed E-state index contributed by atoms with van der Waals surface area (Å²) in [5.41, 5.74) is 8.70. The SMILES string of the molecule is Cc1c(C(=O)C(N)=O)c2c(O[C@@H](C)C(=O)OCc3ccccc3)cccc2n1Cc1ccccc1. The summed E-state index contributed by atoms with van der Waals surface area (Å²) in [6.45, 7) is 3.94. The molecule has 178 valence electrons. The number of rotatable bonds is 9. The normalized spacial score (nSPS) is 11.7. The first-order valence-electron chi connectivity index (χ1n) is 11.2. The molecule has 2 N–H and O–H groups in total. The van der Waals surface area contributed by atoms with Crippen LogP contribution < -0.4 is 10.5 Å². The third-order valence-electron chi connectivity index (χ3n) is 5.81. The van der Waals surface area contributed by atoms with Gasteiger partial charge in [-0.15, -0.1) is 0 Å². The summed E-state index contributed by atoms with van der Waals surface area (Å²) in [5.74, 6) is -2.12. The lowest BCUT2D eigenvalue weighted by Crippen LogP contribution is -2.26. The molecule has 7 heteroatoms. The van der Waals surface area contributed by atoms with Gasteiger partial charge in [0.1, 0.15) is 12.4 Å². The van der Waals surface area contributed by atoms with Crippen LogP contribution in [0.3, 0.4) is 0 Å². The Kier molecular flexibility index (Phi) is 6.96. The van der Waals surface area contributed by atoms with Gasteiger partial charge in [-0.1, -0.05) is 66.7 Å². The van der Waals surface area contributed by atoms with E-state index in [2.05, 4.69) is 0 Å². The van der Waals surface area contributed by atoms with Gasteiger partial charge in [-0.3, -0.25) is 9.59 Å². The van der Waals surface area contributed by atoms with E-state index in [1.807, 2.05) is 71.3 Å². The second kappa shape index (κ2) is 10.3. The Labute approximate surface area is 203 Å². The summed E-state index contributed by atoms with van der Waals surface area (Å²) < 4.78 is 13.3. The zero-order chi connectivity index (χ0) is 24.9. The molecule has 1 aromatic heterocycles. The van der Waals surface area contributed by atoms with E-state index >= 15 is 0 Å². The molecule has 0 aliphatic heterocycles. The number of ketones is 1. The number of primary amides is 1. The molecule has 0 spiro atoms. The molecule has 0 bridgehead atoms. The van der Waals surface area contributed by atoms with Crippen LogP contribution in [0.5, 0.6) is 5.75 Å². The molecule has 7 nitrogen and oxygen atoms in total. The van der Waals surface area contributed by atoms with Crippen LogP contribution in [0.1, 0.15) is 34.1 Å². The fourth-order valence-corrected chi connectivity index (χ4v) is 4.05. The number of fused-ring (bicyclic) bond motifs is 1. The summed E-state index contributed by atoms with van der Waals surface area (Å²) in [5, 5.41) is 0.437. The molecule has 0 fully saturated rings. The number of benzene rings is 3. The second-order valence-corrected chi connectivity index (χ2v) is 8.23. The molecule has 1 amide bonds. The number of carbonyl (C=O) groups excluding carboxylic acids is 3. The number of aromatic nitrogens is 1. The second-order valence-electron chi connectivity index (χ2n) is 8.23. The van der Waals surface area contributed by atoms with Crippen LogP contribution in [-0.2, 0) is 27.5 Å². The highest BCUT2D eigenvalue weighted by molar-refractivity contribution is 6.45. The van der Waals surface area contributed by atoms with Crippen LogP contribution in [0.15, 0.2) is 78.9 Å². The minimum atomic E-state index is -1.06. The maximum Gasteiger partial charge on any atom is 0.347 e. The summed E-state index contributed by atoms with van der Waals surface area (Å²) in [6.07, 6.45) is -0.946. The molecular weight excluding hydrogens is 444 g/mol. The van der Waals surface area contributed by atoms with Crippen LogP contribution >= 0.6 is 0 Å². The average molecular weight is 471 g/mol. The molecule has 3 aromatic carbocycles. The van der Waals surface area contributed by atoms with Crippen molar-refractivity contribution >= 4 is 28.6 Å². The van der Waals surface area contributed by atoms with Gasteiger partial charge < -0.3 is 19.8 Å². The van der Waals surface area contributed by atoms with Crippen molar-refractivity contribution in [2.45, 2.75) is 33.1 Å². The zero-order valence-corrected chi connectivity index (χ0v) is 19.6. The van der Waals surface area contributed by atoms with E-state index in [1.165, 1.54) is 0 Å². The third-order valence-corrected chi connectivity index (χ3v) is 5.81. The van der Waals surface area contributed by atoms with Crippen LogP contribution in [0.25, 0.3) is 10.9 Å². The smallest absolute Gasteiger partial charge is 0.347 e.